The van der Waals surface area contributed by atoms with E-state index in [-0.39, 0.29) is 0 Å². The van der Waals surface area contributed by atoms with Crippen LogP contribution in [0.2, 0.25) is 0 Å². The molecule has 3 heterocycles. The molecule has 1 aromatic carbocycles. The minimum Gasteiger partial charge on any atom is -0.368 e. The number of anilines is 2. The van der Waals surface area contributed by atoms with Gasteiger partial charge in [-0.25, -0.2) is 9.97 Å². The van der Waals surface area contributed by atoms with Gasteiger partial charge in [0.25, 0.3) is 0 Å². The van der Waals surface area contributed by atoms with Crippen molar-refractivity contribution in [1.82, 2.24) is 15.0 Å². The molecule has 4 rings (SSSR count). The molecule has 0 spiro atoms. The van der Waals surface area contributed by atoms with Crippen molar-refractivity contribution in [3.05, 3.63) is 48.9 Å². The number of aromatic nitrogens is 3. The van der Waals surface area contributed by atoms with Gasteiger partial charge in [-0.1, -0.05) is 6.07 Å². The van der Waals surface area contributed by atoms with Crippen molar-refractivity contribution in [1.29, 1.82) is 0 Å². The van der Waals surface area contributed by atoms with Crippen LogP contribution in [0.1, 0.15) is 0 Å². The number of nitrogens with zero attached hydrogens (tertiary/aromatic N) is 4. The van der Waals surface area contributed by atoms with Gasteiger partial charge in [0.15, 0.2) is 0 Å². The van der Waals surface area contributed by atoms with Gasteiger partial charge in [-0.05, 0) is 30.3 Å². The minimum atomic E-state index is 0.998. The first-order chi connectivity index (χ1) is 10.4. The number of hydrogen-bond donors (Lipinski definition) is 1. The molecule has 0 aliphatic carbocycles. The molecular weight excluding hydrogens is 262 g/mol. The summed E-state index contributed by atoms with van der Waals surface area (Å²) in [5.74, 6) is 1.07. The van der Waals surface area contributed by atoms with Gasteiger partial charge >= 0.3 is 0 Å². The second kappa shape index (κ2) is 5.09. The smallest absolute Gasteiger partial charge is 0.128 e. The summed E-state index contributed by atoms with van der Waals surface area (Å²) >= 11 is 0. The van der Waals surface area contributed by atoms with Crippen molar-refractivity contribution in [3.8, 4) is 0 Å². The predicted molar refractivity (Wildman–Crippen MR) is 84.8 cm³/mol. The fourth-order valence-electron chi connectivity index (χ4n) is 2.85. The Morgan fingerprint density at radius 1 is 0.905 bits per heavy atom. The molecule has 2 aromatic heterocycles. The van der Waals surface area contributed by atoms with Crippen LogP contribution in [0, 0.1) is 0 Å². The van der Waals surface area contributed by atoms with Gasteiger partial charge in [0.05, 0.1) is 17.4 Å². The summed E-state index contributed by atoms with van der Waals surface area (Å²) in [4.78, 5) is 16.6. The molecule has 1 fully saturated rings. The normalized spacial score (nSPS) is 15.6. The van der Waals surface area contributed by atoms with E-state index in [0.717, 1.165) is 43.0 Å². The highest BCUT2D eigenvalue weighted by Crippen LogP contribution is 2.22. The third kappa shape index (κ3) is 2.31. The van der Waals surface area contributed by atoms with Crippen molar-refractivity contribution in [2.24, 2.45) is 0 Å². The second-order valence-electron chi connectivity index (χ2n) is 5.27. The van der Waals surface area contributed by atoms with Crippen LogP contribution in [0.3, 0.4) is 0 Å². The summed E-state index contributed by atoms with van der Waals surface area (Å²) in [6.45, 7) is 4.02. The zero-order chi connectivity index (χ0) is 14.1. The Balaban J connectivity index is 1.49. The number of nitrogens with one attached hydrogen (secondary N) is 1. The minimum absolute atomic E-state index is 0.998. The molecule has 0 radical (unpaired) electrons. The Morgan fingerprint density at radius 2 is 1.76 bits per heavy atom. The zero-order valence-electron chi connectivity index (χ0n) is 11.7. The molecule has 1 aliphatic heterocycles. The molecule has 0 amide bonds. The number of benzene rings is 1. The number of aromatic amines is 1. The molecule has 5 nitrogen and oxygen atoms in total. The maximum absolute atomic E-state index is 4.43. The molecule has 106 valence electrons. The van der Waals surface area contributed by atoms with Crippen LogP contribution in [-0.4, -0.2) is 41.1 Å². The summed E-state index contributed by atoms with van der Waals surface area (Å²) in [5, 5.41) is 0. The standard InChI is InChI=1S/C16H17N5/c1-2-6-17-16(3-1)21-9-7-20(8-10-21)13-4-5-14-15(11-13)19-12-18-14/h1-6,11-12H,7-10H2,(H,18,19). The van der Waals surface area contributed by atoms with Crippen LogP contribution < -0.4 is 9.80 Å². The van der Waals surface area contributed by atoms with Crippen LogP contribution in [-0.2, 0) is 0 Å². The van der Waals surface area contributed by atoms with Gasteiger partial charge in [-0.2, -0.15) is 0 Å². The predicted octanol–water partition coefficient (Wildman–Crippen LogP) is 2.28. The number of pyridine rings is 1. The molecule has 0 atom stereocenters. The van der Waals surface area contributed by atoms with E-state index in [0.29, 0.717) is 0 Å². The average molecular weight is 279 g/mol. The van der Waals surface area contributed by atoms with Gasteiger partial charge in [0, 0.05) is 38.1 Å². The van der Waals surface area contributed by atoms with Crippen molar-refractivity contribution < 1.29 is 0 Å². The number of H-pyrrole nitrogens is 1. The fourth-order valence-corrected chi connectivity index (χ4v) is 2.85. The van der Waals surface area contributed by atoms with E-state index in [1.807, 2.05) is 18.3 Å². The molecule has 1 saturated heterocycles. The molecule has 5 heteroatoms. The van der Waals surface area contributed by atoms with E-state index in [9.17, 15) is 0 Å². The number of imidazole rings is 1. The summed E-state index contributed by atoms with van der Waals surface area (Å²) < 4.78 is 0. The van der Waals surface area contributed by atoms with Gasteiger partial charge < -0.3 is 14.8 Å². The first-order valence-electron chi connectivity index (χ1n) is 7.24. The van der Waals surface area contributed by atoms with Crippen molar-refractivity contribution >= 4 is 22.5 Å². The Kier molecular flexibility index (Phi) is 2.96. The van der Waals surface area contributed by atoms with Gasteiger partial charge in [0.2, 0.25) is 0 Å². The van der Waals surface area contributed by atoms with Crippen molar-refractivity contribution in [3.63, 3.8) is 0 Å². The van der Waals surface area contributed by atoms with Gasteiger partial charge in [-0.3, -0.25) is 0 Å². The number of fused-ring (bicyclic) bond motifs is 1. The molecule has 21 heavy (non-hydrogen) atoms. The lowest BCUT2D eigenvalue weighted by Crippen LogP contribution is -2.46. The SMILES string of the molecule is c1ccc(N2CCN(c3ccc4nc[nH]c4c3)CC2)nc1. The number of hydrogen-bond acceptors (Lipinski definition) is 4. The maximum atomic E-state index is 4.43. The lowest BCUT2D eigenvalue weighted by molar-refractivity contribution is 0.648. The van der Waals surface area contributed by atoms with Crippen LogP contribution in [0.5, 0.6) is 0 Å². The summed E-state index contributed by atoms with van der Waals surface area (Å²) in [6.07, 6.45) is 3.60. The summed E-state index contributed by atoms with van der Waals surface area (Å²) in [7, 11) is 0. The van der Waals surface area contributed by atoms with E-state index in [2.05, 4.69) is 49.0 Å². The number of rotatable bonds is 2. The molecule has 0 bridgehead atoms. The third-order valence-corrected chi connectivity index (χ3v) is 4.02. The van der Waals surface area contributed by atoms with E-state index < -0.39 is 0 Å². The Labute approximate surface area is 123 Å². The monoisotopic (exact) mass is 279 g/mol. The van der Waals surface area contributed by atoms with Crippen molar-refractivity contribution in [2.75, 3.05) is 36.0 Å². The average Bonchev–Trinajstić information content (AvgIpc) is 3.03. The third-order valence-electron chi connectivity index (χ3n) is 4.02. The molecule has 0 saturated carbocycles. The lowest BCUT2D eigenvalue weighted by Gasteiger charge is -2.36. The van der Waals surface area contributed by atoms with Crippen LogP contribution in [0.4, 0.5) is 11.5 Å². The Bertz CT molecular complexity index is 729. The summed E-state index contributed by atoms with van der Waals surface area (Å²) in [5.41, 5.74) is 3.37. The second-order valence-corrected chi connectivity index (χ2v) is 5.27. The number of piperazine rings is 1. The fraction of sp³-hybridized carbons (Fsp3) is 0.250. The highest BCUT2D eigenvalue weighted by atomic mass is 15.3. The van der Waals surface area contributed by atoms with E-state index in [4.69, 9.17) is 0 Å². The quantitative estimate of drug-likeness (QED) is 0.782. The molecular formula is C16H17N5. The van der Waals surface area contributed by atoms with Crippen LogP contribution in [0.25, 0.3) is 11.0 Å². The lowest BCUT2D eigenvalue weighted by atomic mass is 10.2. The van der Waals surface area contributed by atoms with E-state index in [1.54, 1.807) is 6.33 Å². The van der Waals surface area contributed by atoms with Gasteiger partial charge in [0.1, 0.15) is 5.82 Å². The van der Waals surface area contributed by atoms with Crippen molar-refractivity contribution in [2.45, 2.75) is 0 Å². The topological polar surface area (TPSA) is 48.0 Å². The molecule has 0 unspecified atom stereocenters. The highest BCUT2D eigenvalue weighted by molar-refractivity contribution is 5.79. The first-order valence-corrected chi connectivity index (χ1v) is 7.24. The maximum Gasteiger partial charge on any atom is 0.128 e. The Hall–Kier alpha value is -2.56. The Morgan fingerprint density at radius 3 is 2.57 bits per heavy atom. The van der Waals surface area contributed by atoms with Crippen LogP contribution >= 0.6 is 0 Å². The first kappa shape index (κ1) is 12.2. The van der Waals surface area contributed by atoms with Crippen LogP contribution in [0.15, 0.2) is 48.9 Å². The molecule has 1 N–H and O–H groups in total. The van der Waals surface area contributed by atoms with E-state index >= 15 is 0 Å². The summed E-state index contributed by atoms with van der Waals surface area (Å²) in [6, 6.07) is 12.5. The zero-order valence-corrected chi connectivity index (χ0v) is 11.7. The highest BCUT2D eigenvalue weighted by Gasteiger charge is 2.18. The van der Waals surface area contributed by atoms with E-state index in [1.165, 1.54) is 5.69 Å². The van der Waals surface area contributed by atoms with Gasteiger partial charge in [-0.15, -0.1) is 0 Å². The molecule has 1 aliphatic rings. The molecule has 3 aromatic rings. The largest absolute Gasteiger partial charge is 0.368 e.